The lowest BCUT2D eigenvalue weighted by molar-refractivity contribution is -0.123. The molecule has 0 fully saturated rings. The fraction of sp³-hybridized carbons (Fsp3) is 0.278. The Kier molecular flexibility index (Phi) is 6.75. The molecule has 23 heavy (non-hydrogen) atoms. The molecule has 2 aromatic rings. The molecule has 0 unspecified atom stereocenters. The highest BCUT2D eigenvalue weighted by Crippen LogP contribution is 2.26. The highest BCUT2D eigenvalue weighted by atomic mass is 35.5. The molecule has 5 heteroatoms. The molecule has 0 spiro atoms. The third kappa shape index (κ3) is 5.45. The van der Waals surface area contributed by atoms with Gasteiger partial charge in [-0.05, 0) is 24.1 Å². The maximum Gasteiger partial charge on any atom is 0.258 e. The zero-order chi connectivity index (χ0) is 16.7. The maximum absolute atomic E-state index is 12.1. The number of carbonyl (C=O) groups is 1. The fourth-order valence-corrected chi connectivity index (χ4v) is 2.54. The van der Waals surface area contributed by atoms with Crippen LogP contribution < -0.4 is 10.1 Å². The second kappa shape index (κ2) is 8.80. The summed E-state index contributed by atoms with van der Waals surface area (Å²) in [5.41, 5.74) is 1.09. The average molecular weight is 352 g/mol. The number of halogens is 2. The van der Waals surface area contributed by atoms with Crippen molar-refractivity contribution < 1.29 is 9.53 Å². The van der Waals surface area contributed by atoms with Crippen LogP contribution in [0.4, 0.5) is 0 Å². The first-order chi connectivity index (χ1) is 11.1. The molecule has 3 nitrogen and oxygen atoms in total. The quantitative estimate of drug-likeness (QED) is 0.759. The summed E-state index contributed by atoms with van der Waals surface area (Å²) in [5.74, 6) is 0.347. The van der Waals surface area contributed by atoms with E-state index in [2.05, 4.69) is 12.2 Å². The van der Waals surface area contributed by atoms with Gasteiger partial charge in [-0.3, -0.25) is 4.79 Å². The molecule has 0 saturated carbocycles. The summed E-state index contributed by atoms with van der Waals surface area (Å²) in [5, 5.41) is 3.86. The van der Waals surface area contributed by atoms with Gasteiger partial charge >= 0.3 is 0 Å². The summed E-state index contributed by atoms with van der Waals surface area (Å²) in [6.45, 7) is 2.03. The van der Waals surface area contributed by atoms with E-state index in [1.165, 1.54) is 0 Å². The number of rotatable bonds is 7. The molecule has 0 heterocycles. The van der Waals surface area contributed by atoms with Gasteiger partial charge < -0.3 is 10.1 Å². The molecule has 0 bridgehead atoms. The normalized spacial score (nSPS) is 11.8. The maximum atomic E-state index is 12.1. The van der Waals surface area contributed by atoms with E-state index in [9.17, 15) is 4.79 Å². The molecule has 0 radical (unpaired) electrons. The van der Waals surface area contributed by atoms with Gasteiger partial charge in [-0.25, -0.2) is 0 Å². The monoisotopic (exact) mass is 351 g/mol. The van der Waals surface area contributed by atoms with Crippen LogP contribution >= 0.6 is 23.2 Å². The minimum Gasteiger partial charge on any atom is -0.484 e. The standard InChI is InChI=1S/C18H19Cl2NO2/c1-2-6-17(13-7-4-3-5-8-13)21-18(22)12-23-14-9-10-15(19)16(20)11-14/h3-5,7-11,17H,2,6,12H2,1H3,(H,21,22)/t17-/m0/s1. The van der Waals surface area contributed by atoms with E-state index in [1.807, 2.05) is 30.3 Å². The van der Waals surface area contributed by atoms with Crippen molar-refractivity contribution in [2.45, 2.75) is 25.8 Å². The molecule has 0 aromatic heterocycles. The van der Waals surface area contributed by atoms with E-state index >= 15 is 0 Å². The van der Waals surface area contributed by atoms with E-state index in [-0.39, 0.29) is 18.6 Å². The van der Waals surface area contributed by atoms with E-state index < -0.39 is 0 Å². The molecule has 1 amide bonds. The van der Waals surface area contributed by atoms with Crippen LogP contribution in [-0.2, 0) is 4.79 Å². The van der Waals surface area contributed by atoms with Gasteiger partial charge in [0.2, 0.25) is 0 Å². The van der Waals surface area contributed by atoms with Crippen molar-refractivity contribution in [3.8, 4) is 5.75 Å². The molecule has 1 atom stereocenters. The van der Waals surface area contributed by atoms with Crippen molar-refractivity contribution in [3.05, 3.63) is 64.1 Å². The van der Waals surface area contributed by atoms with Crippen molar-refractivity contribution in [2.75, 3.05) is 6.61 Å². The molecule has 2 aromatic carbocycles. The summed E-state index contributed by atoms with van der Waals surface area (Å²) in [7, 11) is 0. The highest BCUT2D eigenvalue weighted by molar-refractivity contribution is 6.42. The number of benzene rings is 2. The van der Waals surface area contributed by atoms with Gasteiger partial charge in [0.05, 0.1) is 16.1 Å². The summed E-state index contributed by atoms with van der Waals surface area (Å²) < 4.78 is 5.46. The average Bonchev–Trinajstić information content (AvgIpc) is 2.56. The lowest BCUT2D eigenvalue weighted by Gasteiger charge is -2.18. The van der Waals surface area contributed by atoms with Crippen molar-refractivity contribution in [1.82, 2.24) is 5.32 Å². The Morgan fingerprint density at radius 3 is 2.52 bits per heavy atom. The van der Waals surface area contributed by atoms with Gasteiger partial charge in [0.15, 0.2) is 6.61 Å². The zero-order valence-corrected chi connectivity index (χ0v) is 14.4. The van der Waals surface area contributed by atoms with Crippen molar-refractivity contribution in [1.29, 1.82) is 0 Å². The first kappa shape index (κ1) is 17.6. The minimum absolute atomic E-state index is 0.00824. The molecule has 0 saturated heterocycles. The minimum atomic E-state index is -0.168. The van der Waals surface area contributed by atoms with Crippen LogP contribution in [0.25, 0.3) is 0 Å². The Balaban J connectivity index is 1.92. The van der Waals surface area contributed by atoms with Crippen LogP contribution in [-0.4, -0.2) is 12.5 Å². The van der Waals surface area contributed by atoms with Crippen LogP contribution in [0.1, 0.15) is 31.4 Å². The number of hydrogen-bond donors (Lipinski definition) is 1. The third-order valence-electron chi connectivity index (χ3n) is 3.38. The molecule has 1 N–H and O–H groups in total. The zero-order valence-electron chi connectivity index (χ0n) is 12.9. The second-order valence-corrected chi connectivity index (χ2v) is 6.00. The van der Waals surface area contributed by atoms with Gasteiger partial charge in [0.25, 0.3) is 5.91 Å². The van der Waals surface area contributed by atoms with Crippen LogP contribution in [0, 0.1) is 0 Å². The van der Waals surface area contributed by atoms with Gasteiger partial charge in [-0.1, -0.05) is 66.9 Å². The number of amides is 1. The lowest BCUT2D eigenvalue weighted by Crippen LogP contribution is -2.32. The van der Waals surface area contributed by atoms with Crippen LogP contribution in [0.2, 0.25) is 10.0 Å². The van der Waals surface area contributed by atoms with Crippen molar-refractivity contribution in [2.24, 2.45) is 0 Å². The number of nitrogens with one attached hydrogen (secondary N) is 1. The third-order valence-corrected chi connectivity index (χ3v) is 4.11. The van der Waals surface area contributed by atoms with E-state index in [0.29, 0.717) is 15.8 Å². The Morgan fingerprint density at radius 1 is 1.13 bits per heavy atom. The largest absolute Gasteiger partial charge is 0.484 e. The summed E-state index contributed by atoms with van der Waals surface area (Å²) in [6.07, 6.45) is 1.86. The van der Waals surface area contributed by atoms with Crippen molar-refractivity contribution in [3.63, 3.8) is 0 Å². The topological polar surface area (TPSA) is 38.3 Å². The second-order valence-electron chi connectivity index (χ2n) is 5.18. The Bertz CT molecular complexity index is 647. The highest BCUT2D eigenvalue weighted by Gasteiger charge is 2.14. The van der Waals surface area contributed by atoms with Crippen molar-refractivity contribution >= 4 is 29.1 Å². The molecule has 122 valence electrons. The Hall–Kier alpha value is -1.71. The molecule has 0 aliphatic carbocycles. The van der Waals surface area contributed by atoms with E-state index in [1.54, 1.807) is 18.2 Å². The van der Waals surface area contributed by atoms with Crippen LogP contribution in [0.3, 0.4) is 0 Å². The first-order valence-electron chi connectivity index (χ1n) is 7.52. The predicted octanol–water partition coefficient (Wildman–Crippen LogP) is 5.03. The smallest absolute Gasteiger partial charge is 0.258 e. The summed E-state index contributed by atoms with van der Waals surface area (Å²) in [6, 6.07) is 14.8. The summed E-state index contributed by atoms with van der Waals surface area (Å²) in [4.78, 5) is 12.1. The number of ether oxygens (including phenoxy) is 1. The van der Waals surface area contributed by atoms with Crippen LogP contribution in [0.5, 0.6) is 5.75 Å². The van der Waals surface area contributed by atoms with Gasteiger partial charge in [-0.15, -0.1) is 0 Å². The van der Waals surface area contributed by atoms with E-state index in [4.69, 9.17) is 27.9 Å². The predicted molar refractivity (Wildman–Crippen MR) is 94.2 cm³/mol. The molecule has 0 aliphatic rings. The Labute approximate surface area is 146 Å². The molecule has 2 rings (SSSR count). The lowest BCUT2D eigenvalue weighted by atomic mass is 10.0. The fourth-order valence-electron chi connectivity index (χ4n) is 2.25. The molecular weight excluding hydrogens is 333 g/mol. The number of hydrogen-bond acceptors (Lipinski definition) is 2. The molecular formula is C18H19Cl2NO2. The Morgan fingerprint density at radius 2 is 1.87 bits per heavy atom. The van der Waals surface area contributed by atoms with Gasteiger partial charge in [0.1, 0.15) is 5.75 Å². The first-order valence-corrected chi connectivity index (χ1v) is 8.28. The molecule has 0 aliphatic heterocycles. The van der Waals surface area contributed by atoms with Gasteiger partial charge in [0, 0.05) is 6.07 Å². The van der Waals surface area contributed by atoms with Gasteiger partial charge in [-0.2, -0.15) is 0 Å². The van der Waals surface area contributed by atoms with E-state index in [0.717, 1.165) is 18.4 Å². The van der Waals surface area contributed by atoms with Crippen LogP contribution in [0.15, 0.2) is 48.5 Å². The number of carbonyl (C=O) groups excluding carboxylic acids is 1. The summed E-state index contributed by atoms with van der Waals surface area (Å²) >= 11 is 11.8. The SMILES string of the molecule is CCC[C@H](NC(=O)COc1ccc(Cl)c(Cl)c1)c1ccccc1.